The highest BCUT2D eigenvalue weighted by Crippen LogP contribution is 2.45. The van der Waals surface area contributed by atoms with E-state index in [1.54, 1.807) is 18.3 Å². The number of carbonyl (C=O) groups is 1. The molecule has 1 unspecified atom stereocenters. The normalized spacial score (nSPS) is 14.2. The van der Waals surface area contributed by atoms with Crippen LogP contribution >= 0.6 is 0 Å². The molecule has 4 rings (SSSR count). The van der Waals surface area contributed by atoms with Gasteiger partial charge in [-0.05, 0) is 66.0 Å². The number of nitrogens with zero attached hydrogens (tertiary/aromatic N) is 2. The van der Waals surface area contributed by atoms with Crippen LogP contribution in [0.2, 0.25) is 0 Å². The Balaban J connectivity index is 1.56. The molecule has 0 aliphatic heterocycles. The van der Waals surface area contributed by atoms with Gasteiger partial charge in [0, 0.05) is 12.1 Å². The summed E-state index contributed by atoms with van der Waals surface area (Å²) in [7, 11) is 1.53. The molecule has 8 heteroatoms. The number of ether oxygens (including phenoxy) is 2. The Morgan fingerprint density at radius 2 is 1.97 bits per heavy atom. The standard InChI is InChI=1S/C29H34FN3O4/c1-29(2,3)17-32-28-27(24-13-21(36-4)10-11-25(24)30)31-15-20(33-28)16-37-22-7-5-6-19(12-22)23(14-26(34)35)18-8-9-18/h5-7,10-13,15,18,23H,8-9,14,16-17H2,1-4H3,(H,32,33)(H,34,35). The third-order valence-corrected chi connectivity index (χ3v) is 6.30. The van der Waals surface area contributed by atoms with Crippen LogP contribution in [0.1, 0.15) is 57.2 Å². The average Bonchev–Trinajstić information content (AvgIpc) is 3.70. The SMILES string of the molecule is COc1ccc(F)c(-c2ncc(COc3cccc(C(CC(=O)O)C4CC4)c3)nc2NCC(C)(C)C)c1. The summed E-state index contributed by atoms with van der Waals surface area (Å²) in [6.45, 7) is 7.06. The van der Waals surface area contributed by atoms with Crippen LogP contribution in [0, 0.1) is 17.2 Å². The average molecular weight is 508 g/mol. The van der Waals surface area contributed by atoms with Gasteiger partial charge in [0.25, 0.3) is 0 Å². The lowest BCUT2D eigenvalue weighted by Crippen LogP contribution is -2.20. The summed E-state index contributed by atoms with van der Waals surface area (Å²) in [6, 6.07) is 12.1. The molecular weight excluding hydrogens is 473 g/mol. The fourth-order valence-corrected chi connectivity index (χ4v) is 4.21. The third-order valence-electron chi connectivity index (χ3n) is 6.30. The number of hydrogen-bond donors (Lipinski definition) is 2. The van der Waals surface area contributed by atoms with Gasteiger partial charge in [-0.3, -0.25) is 9.78 Å². The van der Waals surface area contributed by atoms with Crippen molar-refractivity contribution in [1.29, 1.82) is 0 Å². The first-order chi connectivity index (χ1) is 17.6. The van der Waals surface area contributed by atoms with E-state index in [0.717, 1.165) is 18.4 Å². The molecule has 1 fully saturated rings. The van der Waals surface area contributed by atoms with Gasteiger partial charge in [0.05, 0.1) is 25.4 Å². The molecule has 1 aliphatic rings. The van der Waals surface area contributed by atoms with E-state index < -0.39 is 11.8 Å². The van der Waals surface area contributed by atoms with E-state index in [4.69, 9.17) is 14.5 Å². The summed E-state index contributed by atoms with van der Waals surface area (Å²) in [4.78, 5) is 20.6. The number of benzene rings is 2. The lowest BCUT2D eigenvalue weighted by molar-refractivity contribution is -0.137. The fraction of sp³-hybridized carbons (Fsp3) is 0.414. The Morgan fingerprint density at radius 1 is 1.19 bits per heavy atom. The molecule has 0 saturated heterocycles. The summed E-state index contributed by atoms with van der Waals surface area (Å²) in [5.41, 5.74) is 2.22. The number of nitrogens with one attached hydrogen (secondary N) is 1. The first-order valence-electron chi connectivity index (χ1n) is 12.5. The lowest BCUT2D eigenvalue weighted by atomic mass is 9.91. The van der Waals surface area contributed by atoms with E-state index in [1.165, 1.54) is 13.2 Å². The van der Waals surface area contributed by atoms with Crippen LogP contribution in [0.15, 0.2) is 48.7 Å². The molecule has 2 aromatic carbocycles. The number of carboxylic acid groups (broad SMARTS) is 1. The molecule has 1 aromatic heterocycles. The van der Waals surface area contributed by atoms with Gasteiger partial charge in [0.2, 0.25) is 0 Å². The topological polar surface area (TPSA) is 93.6 Å². The zero-order valence-corrected chi connectivity index (χ0v) is 21.8. The predicted octanol–water partition coefficient (Wildman–Crippen LogP) is 6.30. The van der Waals surface area contributed by atoms with Crippen molar-refractivity contribution >= 4 is 11.8 Å². The highest BCUT2D eigenvalue weighted by Gasteiger charge is 2.33. The summed E-state index contributed by atoms with van der Waals surface area (Å²) >= 11 is 0. The zero-order valence-electron chi connectivity index (χ0n) is 21.8. The minimum atomic E-state index is -0.790. The van der Waals surface area contributed by atoms with Crippen LogP contribution in [-0.4, -0.2) is 34.7 Å². The summed E-state index contributed by atoms with van der Waals surface area (Å²) in [6.07, 6.45) is 3.81. The second-order valence-electron chi connectivity index (χ2n) is 10.7. The van der Waals surface area contributed by atoms with Crippen molar-refractivity contribution in [1.82, 2.24) is 9.97 Å². The van der Waals surface area contributed by atoms with Crippen molar-refractivity contribution in [2.24, 2.45) is 11.3 Å². The van der Waals surface area contributed by atoms with Gasteiger partial charge in [-0.2, -0.15) is 0 Å². The van der Waals surface area contributed by atoms with E-state index in [0.29, 0.717) is 46.7 Å². The number of halogens is 1. The van der Waals surface area contributed by atoms with Gasteiger partial charge in [0.1, 0.15) is 29.6 Å². The van der Waals surface area contributed by atoms with Crippen molar-refractivity contribution < 1.29 is 23.8 Å². The van der Waals surface area contributed by atoms with E-state index in [2.05, 4.69) is 31.1 Å². The Labute approximate surface area is 217 Å². The molecule has 196 valence electrons. The van der Waals surface area contributed by atoms with Crippen LogP contribution < -0.4 is 14.8 Å². The summed E-state index contributed by atoms with van der Waals surface area (Å²) < 4.78 is 26.0. The molecular formula is C29H34FN3O4. The third kappa shape index (κ3) is 7.18. The van der Waals surface area contributed by atoms with Gasteiger partial charge < -0.3 is 19.9 Å². The number of rotatable bonds is 11. The van der Waals surface area contributed by atoms with E-state index >= 15 is 0 Å². The minimum Gasteiger partial charge on any atom is -0.497 e. The van der Waals surface area contributed by atoms with Crippen LogP contribution in [0.4, 0.5) is 10.2 Å². The highest BCUT2D eigenvalue weighted by molar-refractivity contribution is 5.73. The summed E-state index contributed by atoms with van der Waals surface area (Å²) in [5, 5.41) is 12.7. The van der Waals surface area contributed by atoms with Gasteiger partial charge in [-0.1, -0.05) is 32.9 Å². The Hall–Kier alpha value is -3.68. The second kappa shape index (κ2) is 11.2. The Kier molecular flexibility index (Phi) is 7.95. The van der Waals surface area contributed by atoms with Crippen molar-refractivity contribution in [3.05, 3.63) is 65.7 Å². The lowest BCUT2D eigenvalue weighted by Gasteiger charge is -2.21. The number of methoxy groups -OCH3 is 1. The largest absolute Gasteiger partial charge is 0.497 e. The number of carboxylic acids is 1. The smallest absolute Gasteiger partial charge is 0.303 e. The molecule has 0 amide bonds. The predicted molar refractivity (Wildman–Crippen MR) is 140 cm³/mol. The molecule has 3 aromatic rings. The molecule has 37 heavy (non-hydrogen) atoms. The second-order valence-corrected chi connectivity index (χ2v) is 10.7. The molecule has 0 spiro atoms. The molecule has 0 radical (unpaired) electrons. The van der Waals surface area contributed by atoms with Gasteiger partial charge in [-0.25, -0.2) is 9.37 Å². The Bertz CT molecular complexity index is 1250. The van der Waals surface area contributed by atoms with Crippen molar-refractivity contribution in [2.75, 3.05) is 19.0 Å². The zero-order chi connectivity index (χ0) is 26.6. The Morgan fingerprint density at radius 3 is 2.65 bits per heavy atom. The number of anilines is 1. The molecule has 2 N–H and O–H groups in total. The maximum Gasteiger partial charge on any atom is 0.303 e. The molecule has 1 aliphatic carbocycles. The molecule has 7 nitrogen and oxygen atoms in total. The quantitative estimate of drug-likeness (QED) is 0.315. The van der Waals surface area contributed by atoms with Crippen LogP contribution in [0.3, 0.4) is 0 Å². The van der Waals surface area contributed by atoms with Crippen LogP contribution in [-0.2, 0) is 11.4 Å². The molecule has 1 atom stereocenters. The van der Waals surface area contributed by atoms with Gasteiger partial charge in [-0.15, -0.1) is 0 Å². The molecule has 0 bridgehead atoms. The summed E-state index contributed by atoms with van der Waals surface area (Å²) in [5.74, 6) is 0.834. The number of aliphatic carboxylic acids is 1. The van der Waals surface area contributed by atoms with Crippen molar-refractivity contribution in [3.8, 4) is 22.8 Å². The van der Waals surface area contributed by atoms with E-state index in [9.17, 15) is 14.3 Å². The van der Waals surface area contributed by atoms with E-state index in [-0.39, 0.29) is 24.4 Å². The number of aromatic nitrogens is 2. The molecule has 1 saturated carbocycles. The minimum absolute atomic E-state index is 0.00825. The monoisotopic (exact) mass is 507 g/mol. The van der Waals surface area contributed by atoms with Gasteiger partial charge >= 0.3 is 5.97 Å². The maximum atomic E-state index is 14.7. The fourth-order valence-electron chi connectivity index (χ4n) is 4.21. The van der Waals surface area contributed by atoms with Crippen molar-refractivity contribution in [3.63, 3.8) is 0 Å². The highest BCUT2D eigenvalue weighted by atomic mass is 19.1. The van der Waals surface area contributed by atoms with Crippen LogP contribution in [0.5, 0.6) is 11.5 Å². The molecule has 1 heterocycles. The number of hydrogen-bond acceptors (Lipinski definition) is 6. The van der Waals surface area contributed by atoms with E-state index in [1.807, 2.05) is 24.3 Å². The first kappa shape index (κ1) is 26.4. The first-order valence-corrected chi connectivity index (χ1v) is 12.5. The van der Waals surface area contributed by atoms with Gasteiger partial charge in [0.15, 0.2) is 5.82 Å². The van der Waals surface area contributed by atoms with Crippen molar-refractivity contribution in [2.45, 2.75) is 52.6 Å². The van der Waals surface area contributed by atoms with Crippen LogP contribution in [0.25, 0.3) is 11.3 Å². The maximum absolute atomic E-state index is 14.7.